The fraction of sp³-hybridized carbons (Fsp3) is 0.111. The highest BCUT2D eigenvalue weighted by Gasteiger charge is 2.18. The molecule has 26 heavy (non-hydrogen) atoms. The highest BCUT2D eigenvalue weighted by molar-refractivity contribution is 5.94. The number of methoxy groups -OCH3 is 1. The summed E-state index contributed by atoms with van der Waals surface area (Å²) in [6, 6.07) is 11.2. The maximum Gasteiger partial charge on any atom is 0.275 e. The monoisotopic (exact) mass is 352 g/mol. The summed E-state index contributed by atoms with van der Waals surface area (Å²) < 4.78 is 6.24. The second kappa shape index (κ2) is 7.47. The van der Waals surface area contributed by atoms with Crippen LogP contribution in [0.4, 0.5) is 0 Å². The molecule has 0 aliphatic carbocycles. The summed E-state index contributed by atoms with van der Waals surface area (Å²) in [4.78, 5) is 28.5. The average molecular weight is 352 g/mol. The van der Waals surface area contributed by atoms with E-state index < -0.39 is 17.2 Å². The molecule has 0 spiro atoms. The van der Waals surface area contributed by atoms with Crippen molar-refractivity contribution in [2.75, 3.05) is 7.11 Å². The Morgan fingerprint density at radius 3 is 2.69 bits per heavy atom. The molecular formula is C18H16N4O4. The van der Waals surface area contributed by atoms with Crippen molar-refractivity contribution in [2.24, 2.45) is 0 Å². The van der Waals surface area contributed by atoms with Gasteiger partial charge in [0.05, 0.1) is 7.11 Å². The van der Waals surface area contributed by atoms with Crippen molar-refractivity contribution >= 4 is 5.91 Å². The summed E-state index contributed by atoms with van der Waals surface area (Å²) in [7, 11) is 1.46. The smallest absolute Gasteiger partial charge is 0.275 e. The first-order valence-corrected chi connectivity index (χ1v) is 7.74. The number of rotatable bonds is 5. The third-order valence-electron chi connectivity index (χ3n) is 3.64. The van der Waals surface area contributed by atoms with Gasteiger partial charge in [-0.1, -0.05) is 12.1 Å². The first-order valence-electron chi connectivity index (χ1n) is 7.74. The lowest BCUT2D eigenvalue weighted by atomic mass is 10.2. The molecule has 2 N–H and O–H groups in total. The first kappa shape index (κ1) is 17.2. The molecule has 1 amide bonds. The molecule has 0 saturated heterocycles. The highest BCUT2D eigenvalue weighted by atomic mass is 16.5. The average Bonchev–Trinajstić information content (AvgIpc) is 2.67. The second-order valence-electron chi connectivity index (χ2n) is 5.34. The number of nitrogens with one attached hydrogen (secondary N) is 1. The second-order valence-corrected chi connectivity index (χ2v) is 5.34. The largest absolute Gasteiger partial charge is 0.505 e. The molecule has 3 rings (SSSR count). The Morgan fingerprint density at radius 2 is 1.96 bits per heavy atom. The van der Waals surface area contributed by atoms with Crippen LogP contribution in [0.15, 0.2) is 59.7 Å². The minimum Gasteiger partial charge on any atom is -0.505 e. The van der Waals surface area contributed by atoms with Crippen LogP contribution in [-0.2, 0) is 6.54 Å². The molecule has 1 aromatic carbocycles. The molecule has 8 nitrogen and oxygen atoms in total. The van der Waals surface area contributed by atoms with Crippen LogP contribution in [0.1, 0.15) is 16.1 Å². The van der Waals surface area contributed by atoms with Crippen LogP contribution in [0, 0.1) is 0 Å². The number of carbonyl (C=O) groups is 1. The van der Waals surface area contributed by atoms with Crippen molar-refractivity contribution in [1.82, 2.24) is 20.1 Å². The molecule has 132 valence electrons. The van der Waals surface area contributed by atoms with Crippen molar-refractivity contribution in [3.05, 3.63) is 76.5 Å². The van der Waals surface area contributed by atoms with Gasteiger partial charge in [-0.15, -0.1) is 0 Å². The molecule has 0 radical (unpaired) electrons. The van der Waals surface area contributed by atoms with E-state index in [2.05, 4.69) is 15.4 Å². The van der Waals surface area contributed by atoms with E-state index in [1.807, 2.05) is 0 Å². The van der Waals surface area contributed by atoms with Crippen LogP contribution in [-0.4, -0.2) is 32.9 Å². The van der Waals surface area contributed by atoms with Gasteiger partial charge in [-0.05, 0) is 29.8 Å². The van der Waals surface area contributed by atoms with Crippen LogP contribution in [0.25, 0.3) is 5.69 Å². The minimum absolute atomic E-state index is 0.232. The van der Waals surface area contributed by atoms with E-state index in [0.29, 0.717) is 11.4 Å². The third kappa shape index (κ3) is 3.54. The molecule has 3 aromatic rings. The van der Waals surface area contributed by atoms with Crippen LogP contribution in [0.5, 0.6) is 11.5 Å². The number of nitrogens with zero attached hydrogens (tertiary/aromatic N) is 3. The molecule has 0 unspecified atom stereocenters. The zero-order valence-corrected chi connectivity index (χ0v) is 13.9. The number of carbonyl (C=O) groups excluding carboxylic acids is 1. The molecule has 2 aromatic heterocycles. The number of para-hydroxylation sites is 2. The van der Waals surface area contributed by atoms with E-state index in [4.69, 9.17) is 4.74 Å². The standard InChI is InChI=1S/C18H16N4O4/c1-26-15-5-3-2-4-13(15)22-16(24)10-14(23)17(21-22)18(25)20-11-12-6-8-19-9-7-12/h2-10,23H,11H2,1H3,(H,20,25). The fourth-order valence-corrected chi connectivity index (χ4v) is 2.35. The Labute approximate surface area is 148 Å². The van der Waals surface area contributed by atoms with Crippen molar-refractivity contribution in [3.63, 3.8) is 0 Å². The van der Waals surface area contributed by atoms with Gasteiger partial charge in [0.2, 0.25) is 0 Å². The minimum atomic E-state index is -0.608. The number of amides is 1. The van der Waals surface area contributed by atoms with Crippen LogP contribution in [0.2, 0.25) is 0 Å². The summed E-state index contributed by atoms with van der Waals surface area (Å²) in [5, 5.41) is 16.6. The van der Waals surface area contributed by atoms with Crippen molar-refractivity contribution in [3.8, 4) is 17.2 Å². The molecule has 0 bridgehead atoms. The zero-order chi connectivity index (χ0) is 18.5. The van der Waals surface area contributed by atoms with E-state index in [-0.39, 0.29) is 12.2 Å². The Balaban J connectivity index is 1.93. The predicted octanol–water partition coefficient (Wildman–Crippen LogP) is 1.27. The number of aromatic nitrogens is 3. The van der Waals surface area contributed by atoms with Crippen LogP contribution >= 0.6 is 0 Å². The molecular weight excluding hydrogens is 336 g/mol. The number of benzene rings is 1. The Hall–Kier alpha value is -3.68. The topological polar surface area (TPSA) is 106 Å². The van der Waals surface area contributed by atoms with Gasteiger partial charge in [0, 0.05) is 25.0 Å². The van der Waals surface area contributed by atoms with E-state index >= 15 is 0 Å². The lowest BCUT2D eigenvalue weighted by molar-refractivity contribution is 0.0941. The normalized spacial score (nSPS) is 10.3. The van der Waals surface area contributed by atoms with Gasteiger partial charge in [-0.25, -0.2) is 0 Å². The fourth-order valence-electron chi connectivity index (χ4n) is 2.35. The van der Waals surface area contributed by atoms with Gasteiger partial charge < -0.3 is 15.2 Å². The number of aromatic hydroxyl groups is 1. The van der Waals surface area contributed by atoms with Gasteiger partial charge in [0.1, 0.15) is 11.4 Å². The summed E-state index contributed by atoms with van der Waals surface area (Å²) in [5.41, 5.74) is 0.358. The van der Waals surface area contributed by atoms with Crippen LogP contribution < -0.4 is 15.6 Å². The Kier molecular flexibility index (Phi) is 4.93. The lowest BCUT2D eigenvalue weighted by Crippen LogP contribution is -2.29. The highest BCUT2D eigenvalue weighted by Crippen LogP contribution is 2.21. The maximum absolute atomic E-state index is 12.4. The first-order chi connectivity index (χ1) is 12.6. The third-order valence-corrected chi connectivity index (χ3v) is 3.64. The number of pyridine rings is 1. The van der Waals surface area contributed by atoms with E-state index in [1.54, 1.807) is 48.8 Å². The summed E-state index contributed by atoms with van der Waals surface area (Å²) in [5.74, 6) is -0.688. The number of hydrogen-bond donors (Lipinski definition) is 2. The van der Waals surface area contributed by atoms with Gasteiger partial charge in [0.15, 0.2) is 11.4 Å². The van der Waals surface area contributed by atoms with Crippen LogP contribution in [0.3, 0.4) is 0 Å². The molecule has 2 heterocycles. The molecule has 0 atom stereocenters. The predicted molar refractivity (Wildman–Crippen MR) is 93.5 cm³/mol. The molecule has 0 fully saturated rings. The Morgan fingerprint density at radius 1 is 1.23 bits per heavy atom. The number of hydrogen-bond acceptors (Lipinski definition) is 6. The summed E-state index contributed by atoms with van der Waals surface area (Å²) in [6.45, 7) is 0.232. The van der Waals surface area contributed by atoms with Gasteiger partial charge in [-0.2, -0.15) is 9.78 Å². The zero-order valence-electron chi connectivity index (χ0n) is 13.9. The Bertz CT molecular complexity index is 986. The molecule has 0 aliphatic heterocycles. The van der Waals surface area contributed by atoms with E-state index in [1.165, 1.54) is 7.11 Å². The van der Waals surface area contributed by atoms with E-state index in [9.17, 15) is 14.7 Å². The lowest BCUT2D eigenvalue weighted by Gasteiger charge is -2.12. The van der Waals surface area contributed by atoms with Gasteiger partial charge in [-0.3, -0.25) is 14.6 Å². The van der Waals surface area contributed by atoms with Gasteiger partial charge in [0.25, 0.3) is 11.5 Å². The van der Waals surface area contributed by atoms with Crippen molar-refractivity contribution < 1.29 is 14.6 Å². The summed E-state index contributed by atoms with van der Waals surface area (Å²) >= 11 is 0. The molecule has 0 saturated carbocycles. The molecule has 0 aliphatic rings. The number of ether oxygens (including phenoxy) is 1. The van der Waals surface area contributed by atoms with Gasteiger partial charge >= 0.3 is 0 Å². The summed E-state index contributed by atoms with van der Waals surface area (Å²) in [6.07, 6.45) is 3.22. The maximum atomic E-state index is 12.4. The quantitative estimate of drug-likeness (QED) is 0.716. The molecule has 8 heteroatoms. The van der Waals surface area contributed by atoms with Crippen molar-refractivity contribution in [1.29, 1.82) is 0 Å². The van der Waals surface area contributed by atoms with E-state index in [0.717, 1.165) is 16.3 Å². The van der Waals surface area contributed by atoms with Crippen molar-refractivity contribution in [2.45, 2.75) is 6.54 Å². The SMILES string of the molecule is COc1ccccc1-n1nc(C(=O)NCc2ccncc2)c(O)cc1=O.